The zero-order chi connectivity index (χ0) is 16.1. The van der Waals surface area contributed by atoms with Crippen LogP contribution in [0.25, 0.3) is 10.2 Å². The van der Waals surface area contributed by atoms with Gasteiger partial charge in [-0.2, -0.15) is 0 Å². The molecule has 0 saturated carbocycles. The Bertz CT molecular complexity index is 799. The molecule has 0 aliphatic heterocycles. The fourth-order valence-electron chi connectivity index (χ4n) is 2.28. The predicted molar refractivity (Wildman–Crippen MR) is 99.4 cm³/mol. The fourth-order valence-corrected chi connectivity index (χ4v) is 3.96. The second kappa shape index (κ2) is 7.62. The van der Waals surface area contributed by atoms with E-state index < -0.39 is 0 Å². The predicted octanol–water partition coefficient (Wildman–Crippen LogP) is 5.12. The lowest BCUT2D eigenvalue weighted by Crippen LogP contribution is -2.11. The van der Waals surface area contributed by atoms with Gasteiger partial charge in [0.05, 0.1) is 15.2 Å². The van der Waals surface area contributed by atoms with Crippen LogP contribution in [0.2, 0.25) is 0 Å². The molecule has 0 aliphatic carbocycles. The standard InChI is InChI=1S/C18H18N2OS2/c1-13-19-16-12-14(9-10-17(16)23-13)20-18(21)8-5-11-22-15-6-3-2-4-7-15/h2-4,6-7,9-10,12H,5,8,11H2,1H3,(H,20,21). The number of nitrogens with zero attached hydrogens (tertiary/aromatic N) is 1. The summed E-state index contributed by atoms with van der Waals surface area (Å²) in [6, 6.07) is 16.2. The number of fused-ring (bicyclic) bond motifs is 1. The Balaban J connectivity index is 1.46. The fraction of sp³-hybridized carbons (Fsp3) is 0.222. The lowest BCUT2D eigenvalue weighted by molar-refractivity contribution is -0.116. The van der Waals surface area contributed by atoms with Crippen LogP contribution in [0.4, 0.5) is 5.69 Å². The molecule has 1 amide bonds. The average Bonchev–Trinajstić information content (AvgIpc) is 2.92. The number of rotatable bonds is 6. The number of thiazole rings is 1. The lowest BCUT2D eigenvalue weighted by Gasteiger charge is -2.05. The Hall–Kier alpha value is -1.85. The average molecular weight is 342 g/mol. The van der Waals surface area contributed by atoms with Gasteiger partial charge in [-0.3, -0.25) is 4.79 Å². The van der Waals surface area contributed by atoms with Crippen molar-refractivity contribution in [3.05, 3.63) is 53.5 Å². The van der Waals surface area contributed by atoms with Crippen LogP contribution in [0.1, 0.15) is 17.8 Å². The summed E-state index contributed by atoms with van der Waals surface area (Å²) in [6.07, 6.45) is 1.40. The van der Waals surface area contributed by atoms with Crippen molar-refractivity contribution in [1.82, 2.24) is 4.98 Å². The molecule has 0 radical (unpaired) electrons. The van der Waals surface area contributed by atoms with Crippen LogP contribution < -0.4 is 5.32 Å². The summed E-state index contributed by atoms with van der Waals surface area (Å²) >= 11 is 3.45. The summed E-state index contributed by atoms with van der Waals surface area (Å²) in [6.45, 7) is 1.99. The molecule has 1 aromatic heterocycles. The van der Waals surface area contributed by atoms with E-state index in [1.165, 1.54) is 4.90 Å². The van der Waals surface area contributed by atoms with Gasteiger partial charge in [0.25, 0.3) is 0 Å². The Labute approximate surface area is 144 Å². The maximum Gasteiger partial charge on any atom is 0.224 e. The van der Waals surface area contributed by atoms with Gasteiger partial charge in [-0.05, 0) is 49.4 Å². The first-order valence-corrected chi connectivity index (χ1v) is 9.36. The van der Waals surface area contributed by atoms with E-state index in [2.05, 4.69) is 22.4 Å². The number of carbonyl (C=O) groups excluding carboxylic acids is 1. The molecule has 0 aliphatic rings. The van der Waals surface area contributed by atoms with Gasteiger partial charge in [0.15, 0.2) is 0 Å². The molecular formula is C18H18N2OS2. The van der Waals surface area contributed by atoms with Crippen LogP contribution >= 0.6 is 23.1 Å². The summed E-state index contributed by atoms with van der Waals surface area (Å²) in [4.78, 5) is 17.7. The Morgan fingerprint density at radius 3 is 2.87 bits per heavy atom. The first-order valence-electron chi connectivity index (χ1n) is 7.55. The highest BCUT2D eigenvalue weighted by Gasteiger charge is 2.05. The molecule has 1 N–H and O–H groups in total. The van der Waals surface area contributed by atoms with Crippen LogP contribution in [0.5, 0.6) is 0 Å². The first-order chi connectivity index (χ1) is 11.2. The van der Waals surface area contributed by atoms with Crippen molar-refractivity contribution in [2.75, 3.05) is 11.1 Å². The van der Waals surface area contributed by atoms with Crippen LogP contribution in [0.3, 0.4) is 0 Å². The number of nitrogens with one attached hydrogen (secondary N) is 1. The third kappa shape index (κ3) is 4.56. The van der Waals surface area contributed by atoms with E-state index in [1.807, 2.05) is 43.3 Å². The zero-order valence-corrected chi connectivity index (χ0v) is 14.5. The van der Waals surface area contributed by atoms with Crippen molar-refractivity contribution < 1.29 is 4.79 Å². The summed E-state index contributed by atoms with van der Waals surface area (Å²) in [5.41, 5.74) is 1.77. The van der Waals surface area contributed by atoms with Crippen molar-refractivity contribution >= 4 is 44.9 Å². The van der Waals surface area contributed by atoms with E-state index in [-0.39, 0.29) is 5.91 Å². The molecule has 3 aromatic rings. The van der Waals surface area contributed by atoms with Gasteiger partial charge in [0.2, 0.25) is 5.91 Å². The second-order valence-electron chi connectivity index (χ2n) is 5.23. The molecular weight excluding hydrogens is 324 g/mol. The van der Waals surface area contributed by atoms with Crippen molar-refractivity contribution in [2.45, 2.75) is 24.7 Å². The maximum atomic E-state index is 12.0. The number of hydrogen-bond donors (Lipinski definition) is 1. The molecule has 3 nitrogen and oxygen atoms in total. The van der Waals surface area contributed by atoms with Crippen molar-refractivity contribution in [3.63, 3.8) is 0 Å². The zero-order valence-electron chi connectivity index (χ0n) is 12.9. The van der Waals surface area contributed by atoms with E-state index in [1.54, 1.807) is 23.1 Å². The molecule has 0 fully saturated rings. The number of anilines is 1. The molecule has 0 saturated heterocycles. The number of aromatic nitrogens is 1. The molecule has 0 atom stereocenters. The van der Waals surface area contributed by atoms with Gasteiger partial charge in [-0.15, -0.1) is 23.1 Å². The third-order valence-corrected chi connectivity index (χ3v) is 5.39. The number of amides is 1. The van der Waals surface area contributed by atoms with E-state index in [0.29, 0.717) is 6.42 Å². The molecule has 0 unspecified atom stereocenters. The summed E-state index contributed by atoms with van der Waals surface area (Å²) in [5, 5.41) is 4.00. The molecule has 0 spiro atoms. The number of hydrogen-bond acceptors (Lipinski definition) is 4. The van der Waals surface area contributed by atoms with Crippen LogP contribution in [-0.2, 0) is 4.79 Å². The van der Waals surface area contributed by atoms with Gasteiger partial charge in [-0.25, -0.2) is 4.98 Å². The number of carbonyl (C=O) groups is 1. The topological polar surface area (TPSA) is 42.0 Å². The molecule has 2 aromatic carbocycles. The molecule has 3 rings (SSSR count). The molecule has 5 heteroatoms. The van der Waals surface area contributed by atoms with Gasteiger partial charge < -0.3 is 5.32 Å². The first kappa shape index (κ1) is 16.0. The monoisotopic (exact) mass is 342 g/mol. The van der Waals surface area contributed by atoms with Gasteiger partial charge in [0, 0.05) is 17.0 Å². The van der Waals surface area contributed by atoms with E-state index >= 15 is 0 Å². The number of thioether (sulfide) groups is 1. The quantitative estimate of drug-likeness (QED) is 0.499. The van der Waals surface area contributed by atoms with E-state index in [9.17, 15) is 4.79 Å². The highest BCUT2D eigenvalue weighted by molar-refractivity contribution is 7.99. The summed E-state index contributed by atoms with van der Waals surface area (Å²) in [5.74, 6) is 1.01. The van der Waals surface area contributed by atoms with Crippen molar-refractivity contribution in [2.24, 2.45) is 0 Å². The second-order valence-corrected chi connectivity index (χ2v) is 7.63. The Kier molecular flexibility index (Phi) is 5.31. The largest absolute Gasteiger partial charge is 0.326 e. The van der Waals surface area contributed by atoms with Crippen LogP contribution in [-0.4, -0.2) is 16.6 Å². The smallest absolute Gasteiger partial charge is 0.224 e. The van der Waals surface area contributed by atoms with Gasteiger partial charge >= 0.3 is 0 Å². The number of aryl methyl sites for hydroxylation is 1. The van der Waals surface area contributed by atoms with Crippen LogP contribution in [0, 0.1) is 6.92 Å². The SMILES string of the molecule is Cc1nc2cc(NC(=O)CCCSc3ccccc3)ccc2s1. The van der Waals surface area contributed by atoms with E-state index in [4.69, 9.17) is 0 Å². The van der Waals surface area contributed by atoms with Gasteiger partial charge in [0.1, 0.15) is 0 Å². The van der Waals surface area contributed by atoms with Gasteiger partial charge in [-0.1, -0.05) is 18.2 Å². The van der Waals surface area contributed by atoms with E-state index in [0.717, 1.165) is 33.1 Å². The lowest BCUT2D eigenvalue weighted by atomic mass is 10.2. The molecule has 1 heterocycles. The molecule has 0 bridgehead atoms. The van der Waals surface area contributed by atoms with Crippen molar-refractivity contribution in [3.8, 4) is 0 Å². The highest BCUT2D eigenvalue weighted by atomic mass is 32.2. The minimum atomic E-state index is 0.0602. The normalized spacial score (nSPS) is 10.8. The highest BCUT2D eigenvalue weighted by Crippen LogP contribution is 2.24. The summed E-state index contributed by atoms with van der Waals surface area (Å²) < 4.78 is 1.15. The Morgan fingerprint density at radius 1 is 1.22 bits per heavy atom. The Morgan fingerprint density at radius 2 is 2.04 bits per heavy atom. The number of benzene rings is 2. The maximum absolute atomic E-state index is 12.0. The minimum absolute atomic E-state index is 0.0602. The molecule has 23 heavy (non-hydrogen) atoms. The van der Waals surface area contributed by atoms with Crippen molar-refractivity contribution in [1.29, 1.82) is 0 Å². The third-order valence-electron chi connectivity index (χ3n) is 3.34. The minimum Gasteiger partial charge on any atom is -0.326 e. The van der Waals surface area contributed by atoms with Crippen LogP contribution in [0.15, 0.2) is 53.4 Å². The molecule has 118 valence electrons. The summed E-state index contributed by atoms with van der Waals surface area (Å²) in [7, 11) is 0.